The molecular formula is C18H18N2O2. The summed E-state index contributed by atoms with van der Waals surface area (Å²) in [7, 11) is 0. The van der Waals surface area contributed by atoms with Gasteiger partial charge in [0.25, 0.3) is 0 Å². The van der Waals surface area contributed by atoms with Crippen molar-refractivity contribution in [2.24, 2.45) is 5.18 Å². The van der Waals surface area contributed by atoms with Gasteiger partial charge in [-0.05, 0) is 35.2 Å². The van der Waals surface area contributed by atoms with Crippen LogP contribution in [0.5, 0.6) is 5.88 Å². The van der Waals surface area contributed by atoms with Gasteiger partial charge in [-0.2, -0.15) is 0 Å². The summed E-state index contributed by atoms with van der Waals surface area (Å²) in [5.41, 5.74) is 3.04. The summed E-state index contributed by atoms with van der Waals surface area (Å²) in [6.07, 6.45) is 1.63. The molecule has 0 aliphatic rings. The fraction of sp³-hybridized carbons (Fsp3) is 0.222. The van der Waals surface area contributed by atoms with Gasteiger partial charge in [-0.3, -0.25) is 4.57 Å². The zero-order valence-corrected chi connectivity index (χ0v) is 12.7. The summed E-state index contributed by atoms with van der Waals surface area (Å²) >= 11 is 0. The third-order valence-corrected chi connectivity index (χ3v) is 4.11. The van der Waals surface area contributed by atoms with E-state index in [0.717, 1.165) is 29.7 Å². The second-order valence-electron chi connectivity index (χ2n) is 5.25. The Hall–Kier alpha value is -2.62. The predicted molar refractivity (Wildman–Crippen MR) is 89.2 cm³/mol. The average molecular weight is 294 g/mol. The molecule has 4 heteroatoms. The monoisotopic (exact) mass is 294 g/mol. The number of nitroso groups, excluding NO2 is 1. The van der Waals surface area contributed by atoms with Gasteiger partial charge in [-0.25, -0.2) is 0 Å². The van der Waals surface area contributed by atoms with E-state index in [4.69, 9.17) is 0 Å². The lowest BCUT2D eigenvalue weighted by atomic mass is 10.0. The first kappa shape index (κ1) is 14.3. The van der Waals surface area contributed by atoms with E-state index < -0.39 is 0 Å². The topological polar surface area (TPSA) is 54.6 Å². The van der Waals surface area contributed by atoms with E-state index >= 15 is 0 Å². The van der Waals surface area contributed by atoms with Crippen LogP contribution in [0.1, 0.15) is 25.0 Å². The summed E-state index contributed by atoms with van der Waals surface area (Å²) < 4.78 is 1.59. The molecule has 0 saturated heterocycles. The zero-order chi connectivity index (χ0) is 15.7. The zero-order valence-electron chi connectivity index (χ0n) is 12.7. The van der Waals surface area contributed by atoms with Gasteiger partial charge in [0.05, 0.1) is 5.69 Å². The van der Waals surface area contributed by atoms with Crippen LogP contribution in [0.25, 0.3) is 16.5 Å². The highest BCUT2D eigenvalue weighted by Crippen LogP contribution is 2.41. The minimum Gasteiger partial charge on any atom is -0.494 e. The minimum atomic E-state index is 0.0702. The largest absolute Gasteiger partial charge is 0.494 e. The number of benzene rings is 2. The van der Waals surface area contributed by atoms with E-state index in [-0.39, 0.29) is 11.7 Å². The van der Waals surface area contributed by atoms with E-state index in [9.17, 15) is 10.0 Å². The number of aromatic hydroxyl groups is 1. The van der Waals surface area contributed by atoms with Crippen LogP contribution in [0, 0.1) is 4.91 Å². The maximum atomic E-state index is 11.4. The fourth-order valence-electron chi connectivity index (χ4n) is 3.02. The first-order chi connectivity index (χ1) is 10.7. The molecule has 0 spiro atoms. The Morgan fingerprint density at radius 1 is 0.955 bits per heavy atom. The molecule has 4 nitrogen and oxygen atoms in total. The highest BCUT2D eigenvalue weighted by Gasteiger charge is 2.21. The Labute approximate surface area is 129 Å². The van der Waals surface area contributed by atoms with Crippen molar-refractivity contribution in [2.75, 3.05) is 0 Å². The summed E-state index contributed by atoms with van der Waals surface area (Å²) in [6, 6.07) is 13.3. The Bertz CT molecular complexity index is 827. The highest BCUT2D eigenvalue weighted by atomic mass is 16.3. The lowest BCUT2D eigenvalue weighted by Crippen LogP contribution is -2.03. The molecule has 1 heterocycles. The molecular weight excluding hydrogens is 276 g/mol. The molecule has 0 radical (unpaired) electrons. The van der Waals surface area contributed by atoms with Crippen molar-refractivity contribution < 1.29 is 5.11 Å². The molecule has 0 bridgehead atoms. The molecule has 0 saturated carbocycles. The summed E-state index contributed by atoms with van der Waals surface area (Å²) in [6.45, 7) is 4.12. The third-order valence-electron chi connectivity index (χ3n) is 4.11. The van der Waals surface area contributed by atoms with Crippen LogP contribution in [-0.4, -0.2) is 9.67 Å². The molecule has 1 N–H and O–H groups in total. The number of hydrogen-bond acceptors (Lipinski definition) is 3. The van der Waals surface area contributed by atoms with Gasteiger partial charge < -0.3 is 5.11 Å². The molecule has 0 aliphatic heterocycles. The van der Waals surface area contributed by atoms with Crippen LogP contribution >= 0.6 is 0 Å². The van der Waals surface area contributed by atoms with Crippen molar-refractivity contribution in [3.63, 3.8) is 0 Å². The van der Waals surface area contributed by atoms with E-state index in [2.05, 4.69) is 19.0 Å². The lowest BCUT2D eigenvalue weighted by molar-refractivity contribution is 0.448. The minimum absolute atomic E-state index is 0.0702. The molecule has 0 amide bonds. The van der Waals surface area contributed by atoms with Crippen molar-refractivity contribution in [1.29, 1.82) is 0 Å². The molecule has 0 atom stereocenters. The van der Waals surface area contributed by atoms with Crippen molar-refractivity contribution in [2.45, 2.75) is 26.7 Å². The molecule has 112 valence electrons. The Kier molecular flexibility index (Phi) is 3.67. The van der Waals surface area contributed by atoms with Crippen LogP contribution < -0.4 is 0 Å². The standard InChI is InChI=1S/C18H18N2O2/c1-3-12-8-7-9-13(4-2)16(12)20-17(19-22)14-10-5-6-11-15(14)18(20)21/h5-11,21H,3-4H2,1-2H3. The van der Waals surface area contributed by atoms with Crippen LogP contribution in [-0.2, 0) is 12.8 Å². The van der Waals surface area contributed by atoms with Gasteiger partial charge in [0, 0.05) is 10.8 Å². The number of rotatable bonds is 4. The molecule has 0 aliphatic carbocycles. The number of aromatic nitrogens is 1. The second kappa shape index (κ2) is 5.64. The molecule has 0 unspecified atom stereocenters. The van der Waals surface area contributed by atoms with Gasteiger partial charge in [0.2, 0.25) is 5.88 Å². The number of hydrogen-bond donors (Lipinski definition) is 1. The van der Waals surface area contributed by atoms with E-state index in [1.54, 1.807) is 10.6 Å². The van der Waals surface area contributed by atoms with Gasteiger partial charge in [-0.1, -0.05) is 50.2 Å². The van der Waals surface area contributed by atoms with E-state index in [1.165, 1.54) is 0 Å². The summed E-state index contributed by atoms with van der Waals surface area (Å²) in [5.74, 6) is 0.324. The fourth-order valence-corrected chi connectivity index (χ4v) is 3.02. The van der Waals surface area contributed by atoms with Gasteiger partial charge >= 0.3 is 0 Å². The van der Waals surface area contributed by atoms with Gasteiger partial charge in [0.1, 0.15) is 0 Å². The molecule has 3 aromatic rings. The molecule has 22 heavy (non-hydrogen) atoms. The smallest absolute Gasteiger partial charge is 0.205 e. The van der Waals surface area contributed by atoms with Crippen molar-refractivity contribution in [1.82, 2.24) is 4.57 Å². The Morgan fingerprint density at radius 3 is 2.09 bits per heavy atom. The Morgan fingerprint density at radius 2 is 1.55 bits per heavy atom. The molecule has 1 aromatic heterocycles. The number of fused-ring (bicyclic) bond motifs is 1. The third kappa shape index (κ3) is 1.99. The quantitative estimate of drug-likeness (QED) is 0.699. The number of nitrogens with zero attached hydrogens (tertiary/aromatic N) is 2. The maximum absolute atomic E-state index is 11.4. The van der Waals surface area contributed by atoms with E-state index in [1.807, 2.05) is 36.4 Å². The summed E-state index contributed by atoms with van der Waals surface area (Å²) in [5, 5.41) is 15.2. The van der Waals surface area contributed by atoms with Crippen LogP contribution in [0.4, 0.5) is 5.82 Å². The second-order valence-corrected chi connectivity index (χ2v) is 5.25. The van der Waals surface area contributed by atoms with Crippen LogP contribution in [0.15, 0.2) is 47.6 Å². The van der Waals surface area contributed by atoms with Crippen LogP contribution in [0.3, 0.4) is 0 Å². The molecule has 3 rings (SSSR count). The maximum Gasteiger partial charge on any atom is 0.205 e. The average Bonchev–Trinajstić information content (AvgIpc) is 2.86. The van der Waals surface area contributed by atoms with E-state index in [0.29, 0.717) is 10.8 Å². The van der Waals surface area contributed by atoms with Gasteiger partial charge in [0.15, 0.2) is 5.82 Å². The highest BCUT2D eigenvalue weighted by molar-refractivity contribution is 5.98. The first-order valence-electron chi connectivity index (χ1n) is 7.49. The number of para-hydroxylation sites is 1. The number of aryl methyl sites for hydroxylation is 2. The summed E-state index contributed by atoms with van der Waals surface area (Å²) in [4.78, 5) is 11.4. The normalized spacial score (nSPS) is 11.0. The van der Waals surface area contributed by atoms with Crippen molar-refractivity contribution >= 4 is 16.6 Å². The van der Waals surface area contributed by atoms with Gasteiger partial charge in [-0.15, -0.1) is 4.91 Å². The predicted octanol–water partition coefficient (Wildman–Crippen LogP) is 4.86. The van der Waals surface area contributed by atoms with Crippen LogP contribution in [0.2, 0.25) is 0 Å². The lowest BCUT2D eigenvalue weighted by Gasteiger charge is -2.16. The first-order valence-corrected chi connectivity index (χ1v) is 7.49. The van der Waals surface area contributed by atoms with Crippen molar-refractivity contribution in [3.05, 3.63) is 58.5 Å². The van der Waals surface area contributed by atoms with Crippen molar-refractivity contribution in [3.8, 4) is 11.6 Å². The molecule has 0 fully saturated rings. The Balaban J connectivity index is 2.46. The SMILES string of the molecule is CCc1cccc(CC)c1-n1c(O)c2ccccc2c1N=O. The molecule has 2 aromatic carbocycles.